The van der Waals surface area contributed by atoms with E-state index in [9.17, 15) is 4.79 Å². The highest BCUT2D eigenvalue weighted by Gasteiger charge is 2.18. The predicted molar refractivity (Wildman–Crippen MR) is 116 cm³/mol. The number of nitrogens with one attached hydrogen (secondary N) is 2. The molecule has 2 N–H and O–H groups in total. The number of benzene rings is 1. The number of amides is 1. The fourth-order valence-corrected chi connectivity index (χ4v) is 3.04. The van der Waals surface area contributed by atoms with Crippen LogP contribution in [0.25, 0.3) is 0 Å². The maximum absolute atomic E-state index is 11.5. The number of nitrogens with zero attached hydrogens (tertiary/aromatic N) is 2. The molecule has 6 nitrogen and oxygen atoms in total. The maximum atomic E-state index is 11.5. The van der Waals surface area contributed by atoms with Gasteiger partial charge in [-0.3, -0.25) is 9.79 Å². The quantitative estimate of drug-likeness (QED) is 0.378. The lowest BCUT2D eigenvalue weighted by molar-refractivity contribution is -0.122. The Hall–Kier alpha value is -1.51. The van der Waals surface area contributed by atoms with Crippen molar-refractivity contribution in [1.29, 1.82) is 0 Å². The Labute approximate surface area is 173 Å². The zero-order chi connectivity index (χ0) is 18.1. The van der Waals surface area contributed by atoms with Crippen LogP contribution in [0.2, 0.25) is 0 Å². The van der Waals surface area contributed by atoms with Crippen LogP contribution in [0.15, 0.2) is 29.3 Å². The fourth-order valence-electron chi connectivity index (χ4n) is 3.04. The van der Waals surface area contributed by atoms with Crippen molar-refractivity contribution in [3.05, 3.63) is 29.8 Å². The molecule has 0 aliphatic carbocycles. The lowest BCUT2D eigenvalue weighted by Gasteiger charge is -2.33. The lowest BCUT2D eigenvalue weighted by atomic mass is 10.0. The van der Waals surface area contributed by atoms with Gasteiger partial charge in [0.05, 0.1) is 0 Å². The molecule has 0 aromatic heterocycles. The summed E-state index contributed by atoms with van der Waals surface area (Å²) in [6.07, 6.45) is 2.50. The Morgan fingerprint density at radius 2 is 2.19 bits per heavy atom. The lowest BCUT2D eigenvalue weighted by Crippen LogP contribution is -2.45. The maximum Gasteiger partial charge on any atom is 0.257 e. The minimum Gasteiger partial charge on any atom is -0.484 e. The van der Waals surface area contributed by atoms with E-state index in [0.29, 0.717) is 24.8 Å². The third-order valence-corrected chi connectivity index (χ3v) is 4.26. The number of ether oxygens (including phenoxy) is 1. The van der Waals surface area contributed by atoms with E-state index in [2.05, 4.69) is 27.4 Å². The van der Waals surface area contributed by atoms with Gasteiger partial charge in [0.15, 0.2) is 12.6 Å². The summed E-state index contributed by atoms with van der Waals surface area (Å²) in [6.45, 7) is 7.61. The van der Waals surface area contributed by atoms with Gasteiger partial charge in [0, 0.05) is 33.2 Å². The number of hydrogen-bond acceptors (Lipinski definition) is 3. The SMILES string of the molecule is CCNC(=O)COc1cccc(CNC(=NC)N2CCCC(C)C2)c1.I. The molecule has 146 valence electrons. The second kappa shape index (κ2) is 12.0. The number of halogens is 1. The van der Waals surface area contributed by atoms with Gasteiger partial charge in [0.1, 0.15) is 5.75 Å². The van der Waals surface area contributed by atoms with Gasteiger partial charge >= 0.3 is 0 Å². The summed E-state index contributed by atoms with van der Waals surface area (Å²) >= 11 is 0. The third-order valence-electron chi connectivity index (χ3n) is 4.26. The first-order valence-electron chi connectivity index (χ1n) is 9.06. The Bertz CT molecular complexity index is 595. The Morgan fingerprint density at radius 3 is 2.88 bits per heavy atom. The van der Waals surface area contributed by atoms with E-state index in [0.717, 1.165) is 24.6 Å². The molecule has 0 radical (unpaired) electrons. The fraction of sp³-hybridized carbons (Fsp3) is 0.579. The summed E-state index contributed by atoms with van der Waals surface area (Å²) in [4.78, 5) is 18.2. The number of rotatable bonds is 6. The highest BCUT2D eigenvalue weighted by atomic mass is 127. The number of carbonyl (C=O) groups is 1. The Morgan fingerprint density at radius 1 is 1.38 bits per heavy atom. The van der Waals surface area contributed by atoms with E-state index < -0.39 is 0 Å². The van der Waals surface area contributed by atoms with Crippen LogP contribution in [-0.4, -0.2) is 50.1 Å². The van der Waals surface area contributed by atoms with Gasteiger partial charge in [-0.05, 0) is 43.4 Å². The zero-order valence-electron chi connectivity index (χ0n) is 16.0. The van der Waals surface area contributed by atoms with Crippen molar-refractivity contribution in [2.24, 2.45) is 10.9 Å². The van der Waals surface area contributed by atoms with E-state index in [1.807, 2.05) is 38.2 Å². The van der Waals surface area contributed by atoms with E-state index >= 15 is 0 Å². The third kappa shape index (κ3) is 7.39. The van der Waals surface area contributed by atoms with E-state index in [-0.39, 0.29) is 36.5 Å². The summed E-state index contributed by atoms with van der Waals surface area (Å²) in [5.74, 6) is 2.25. The van der Waals surface area contributed by atoms with Crippen LogP contribution >= 0.6 is 24.0 Å². The molecule has 1 aliphatic rings. The monoisotopic (exact) mass is 474 g/mol. The van der Waals surface area contributed by atoms with Crippen LogP contribution in [0, 0.1) is 5.92 Å². The van der Waals surface area contributed by atoms with Gasteiger partial charge in [-0.15, -0.1) is 24.0 Å². The molecule has 1 saturated heterocycles. The van der Waals surface area contributed by atoms with Gasteiger partial charge in [-0.1, -0.05) is 19.1 Å². The second-order valence-corrected chi connectivity index (χ2v) is 6.48. The second-order valence-electron chi connectivity index (χ2n) is 6.48. The molecule has 2 rings (SSSR count). The zero-order valence-corrected chi connectivity index (χ0v) is 18.3. The molecule has 1 heterocycles. The molecular weight excluding hydrogens is 443 g/mol. The summed E-state index contributed by atoms with van der Waals surface area (Å²) in [5, 5.41) is 6.15. The molecule has 7 heteroatoms. The van der Waals surface area contributed by atoms with E-state index in [4.69, 9.17) is 4.74 Å². The van der Waals surface area contributed by atoms with Crippen molar-refractivity contribution >= 4 is 35.8 Å². The highest BCUT2D eigenvalue weighted by Crippen LogP contribution is 2.16. The van der Waals surface area contributed by atoms with E-state index in [1.165, 1.54) is 12.8 Å². The van der Waals surface area contributed by atoms with Gasteiger partial charge in [0.25, 0.3) is 5.91 Å². The van der Waals surface area contributed by atoms with Crippen LogP contribution in [0.1, 0.15) is 32.3 Å². The average Bonchev–Trinajstić information content (AvgIpc) is 2.61. The molecule has 1 aromatic rings. The van der Waals surface area contributed by atoms with Crippen LogP contribution in [0.3, 0.4) is 0 Å². The molecule has 1 aromatic carbocycles. The number of guanidine groups is 1. The van der Waals surface area contributed by atoms with Crippen molar-refractivity contribution < 1.29 is 9.53 Å². The highest BCUT2D eigenvalue weighted by molar-refractivity contribution is 14.0. The topological polar surface area (TPSA) is 66.0 Å². The molecule has 1 fully saturated rings. The number of carbonyl (C=O) groups excluding carboxylic acids is 1. The summed E-state index contributed by atoms with van der Waals surface area (Å²) < 4.78 is 5.54. The number of aliphatic imine (C=N–C) groups is 1. The normalized spacial score (nSPS) is 17.3. The molecule has 26 heavy (non-hydrogen) atoms. The van der Waals surface area contributed by atoms with Crippen LogP contribution in [-0.2, 0) is 11.3 Å². The van der Waals surface area contributed by atoms with Crippen LogP contribution < -0.4 is 15.4 Å². The molecule has 1 aliphatic heterocycles. The Balaban J connectivity index is 0.00000338. The minimum atomic E-state index is -0.106. The first-order valence-corrected chi connectivity index (χ1v) is 9.06. The molecule has 0 bridgehead atoms. The van der Waals surface area contributed by atoms with Crippen LogP contribution in [0.5, 0.6) is 5.75 Å². The molecule has 0 spiro atoms. The Kier molecular flexibility index (Phi) is 10.4. The van der Waals surface area contributed by atoms with Gasteiger partial charge < -0.3 is 20.3 Å². The van der Waals surface area contributed by atoms with Gasteiger partial charge in [-0.2, -0.15) is 0 Å². The number of likely N-dealkylation sites (tertiary alicyclic amines) is 1. The van der Waals surface area contributed by atoms with Crippen molar-refractivity contribution in [2.75, 3.05) is 33.3 Å². The van der Waals surface area contributed by atoms with Crippen molar-refractivity contribution in [3.8, 4) is 5.75 Å². The first kappa shape index (κ1) is 22.5. The summed E-state index contributed by atoms with van der Waals surface area (Å²) in [5.41, 5.74) is 1.10. The molecule has 1 amide bonds. The molecule has 1 unspecified atom stereocenters. The number of hydrogen-bond donors (Lipinski definition) is 2. The van der Waals surface area contributed by atoms with Gasteiger partial charge in [0.2, 0.25) is 0 Å². The van der Waals surface area contributed by atoms with Crippen molar-refractivity contribution in [2.45, 2.75) is 33.2 Å². The average molecular weight is 474 g/mol. The molecular formula is C19H31IN4O2. The van der Waals surface area contributed by atoms with Crippen molar-refractivity contribution in [1.82, 2.24) is 15.5 Å². The first-order chi connectivity index (χ1) is 12.1. The predicted octanol–water partition coefficient (Wildman–Crippen LogP) is 2.63. The molecule has 1 atom stereocenters. The number of likely N-dealkylation sites (N-methyl/N-ethyl adjacent to an activating group) is 1. The van der Waals surface area contributed by atoms with E-state index in [1.54, 1.807) is 0 Å². The molecule has 0 saturated carbocycles. The summed E-state index contributed by atoms with van der Waals surface area (Å²) in [6, 6.07) is 7.80. The minimum absolute atomic E-state index is 0. The van der Waals surface area contributed by atoms with Crippen LogP contribution in [0.4, 0.5) is 0 Å². The van der Waals surface area contributed by atoms with Crippen molar-refractivity contribution in [3.63, 3.8) is 0 Å². The standard InChI is InChI=1S/C19H30N4O2.HI/c1-4-21-18(24)14-25-17-9-5-8-16(11-17)12-22-19(20-3)23-10-6-7-15(2)13-23;/h5,8-9,11,15H,4,6-7,10,12-14H2,1-3H3,(H,20,22)(H,21,24);1H. The van der Waals surface area contributed by atoms with Gasteiger partial charge in [-0.25, -0.2) is 0 Å². The smallest absolute Gasteiger partial charge is 0.257 e. The number of piperidine rings is 1. The summed E-state index contributed by atoms with van der Waals surface area (Å²) in [7, 11) is 1.83. The largest absolute Gasteiger partial charge is 0.484 e.